The quantitative estimate of drug-likeness (QED) is 0.535. The van der Waals surface area contributed by atoms with Crippen LogP contribution in [0.5, 0.6) is 11.5 Å². The van der Waals surface area contributed by atoms with Crippen LogP contribution in [0.2, 0.25) is 5.02 Å². The lowest BCUT2D eigenvalue weighted by atomic mass is 10.2. The first-order valence-electron chi connectivity index (χ1n) is 7.64. The minimum atomic E-state index is -3.75. The Morgan fingerprint density at radius 3 is 2.63 bits per heavy atom. The number of carbonyl (C=O) groups is 1. The van der Waals surface area contributed by atoms with Crippen LogP contribution in [0, 0.1) is 0 Å². The van der Waals surface area contributed by atoms with Gasteiger partial charge in [-0.3, -0.25) is 9.10 Å². The van der Waals surface area contributed by atoms with Gasteiger partial charge in [-0.25, -0.2) is 13.8 Å². The van der Waals surface area contributed by atoms with Gasteiger partial charge in [0, 0.05) is 5.56 Å². The van der Waals surface area contributed by atoms with E-state index in [9.17, 15) is 18.3 Å². The molecule has 0 saturated heterocycles. The molecule has 2 aromatic rings. The van der Waals surface area contributed by atoms with Crippen LogP contribution in [-0.2, 0) is 14.8 Å². The number of nitrogens with zero attached hydrogens (tertiary/aromatic N) is 2. The number of phenols is 1. The van der Waals surface area contributed by atoms with Crippen LogP contribution in [0.1, 0.15) is 5.56 Å². The van der Waals surface area contributed by atoms with Crippen molar-refractivity contribution < 1.29 is 23.1 Å². The minimum Gasteiger partial charge on any atom is -0.504 e. The Bertz CT molecular complexity index is 963. The average molecular weight is 412 g/mol. The van der Waals surface area contributed by atoms with Crippen molar-refractivity contribution in [3.05, 3.63) is 53.1 Å². The number of methoxy groups -OCH3 is 1. The molecule has 0 saturated carbocycles. The highest BCUT2D eigenvalue weighted by Gasteiger charge is 2.22. The summed E-state index contributed by atoms with van der Waals surface area (Å²) >= 11 is 6.03. The molecule has 10 heteroatoms. The van der Waals surface area contributed by atoms with Crippen LogP contribution in [0.15, 0.2) is 47.6 Å². The largest absolute Gasteiger partial charge is 0.504 e. The number of hydrogen-bond acceptors (Lipinski definition) is 6. The van der Waals surface area contributed by atoms with E-state index in [0.717, 1.165) is 10.6 Å². The molecule has 2 N–H and O–H groups in total. The third kappa shape index (κ3) is 5.35. The molecule has 0 aromatic heterocycles. The fourth-order valence-corrected chi connectivity index (χ4v) is 3.34. The number of nitrogens with one attached hydrogen (secondary N) is 1. The first-order valence-corrected chi connectivity index (χ1v) is 9.86. The molecule has 0 heterocycles. The van der Waals surface area contributed by atoms with E-state index >= 15 is 0 Å². The second-order valence-electron chi connectivity index (χ2n) is 5.41. The Morgan fingerprint density at radius 1 is 1.30 bits per heavy atom. The molecule has 0 aliphatic heterocycles. The molecule has 8 nitrogen and oxygen atoms in total. The third-order valence-corrected chi connectivity index (χ3v) is 4.90. The summed E-state index contributed by atoms with van der Waals surface area (Å²) in [4.78, 5) is 12.1. The maximum atomic E-state index is 12.1. The zero-order valence-corrected chi connectivity index (χ0v) is 16.2. The van der Waals surface area contributed by atoms with E-state index in [1.165, 1.54) is 25.5 Å². The van der Waals surface area contributed by atoms with E-state index in [1.807, 2.05) is 0 Å². The van der Waals surface area contributed by atoms with E-state index in [0.29, 0.717) is 5.56 Å². The van der Waals surface area contributed by atoms with Crippen LogP contribution in [0.4, 0.5) is 5.69 Å². The number of anilines is 1. The Labute approximate surface area is 162 Å². The van der Waals surface area contributed by atoms with Gasteiger partial charge in [0.15, 0.2) is 11.5 Å². The van der Waals surface area contributed by atoms with E-state index in [2.05, 4.69) is 10.5 Å². The summed E-state index contributed by atoms with van der Waals surface area (Å²) in [5.41, 5.74) is 2.72. The van der Waals surface area contributed by atoms with Crippen LogP contribution in [0.3, 0.4) is 0 Å². The Balaban J connectivity index is 2.12. The van der Waals surface area contributed by atoms with Gasteiger partial charge in [-0.15, -0.1) is 0 Å². The highest BCUT2D eigenvalue weighted by atomic mass is 35.5. The van der Waals surface area contributed by atoms with Crippen molar-refractivity contribution in [1.29, 1.82) is 0 Å². The van der Waals surface area contributed by atoms with Crippen LogP contribution >= 0.6 is 11.6 Å². The Kier molecular flexibility index (Phi) is 6.65. The third-order valence-electron chi connectivity index (χ3n) is 3.45. The van der Waals surface area contributed by atoms with E-state index in [-0.39, 0.29) is 22.2 Å². The van der Waals surface area contributed by atoms with Crippen LogP contribution in [0.25, 0.3) is 0 Å². The molecule has 0 spiro atoms. The van der Waals surface area contributed by atoms with Crippen molar-refractivity contribution in [2.45, 2.75) is 0 Å². The smallest absolute Gasteiger partial charge is 0.260 e. The van der Waals surface area contributed by atoms with E-state index in [1.54, 1.807) is 30.3 Å². The van der Waals surface area contributed by atoms with Gasteiger partial charge in [0.25, 0.3) is 5.91 Å². The molecule has 0 bridgehead atoms. The zero-order valence-electron chi connectivity index (χ0n) is 14.6. The van der Waals surface area contributed by atoms with Gasteiger partial charge < -0.3 is 9.84 Å². The molecule has 0 aliphatic rings. The number of hydrogen-bond donors (Lipinski definition) is 2. The lowest BCUT2D eigenvalue weighted by molar-refractivity contribution is -0.119. The predicted octanol–water partition coefficient (Wildman–Crippen LogP) is 1.97. The maximum absolute atomic E-state index is 12.1. The monoisotopic (exact) mass is 411 g/mol. The second-order valence-corrected chi connectivity index (χ2v) is 7.73. The predicted molar refractivity (Wildman–Crippen MR) is 104 cm³/mol. The number of hydrazone groups is 1. The topological polar surface area (TPSA) is 108 Å². The number of rotatable bonds is 7. The summed E-state index contributed by atoms with van der Waals surface area (Å²) in [6.45, 7) is -0.510. The Hall–Kier alpha value is -2.78. The van der Waals surface area contributed by atoms with Gasteiger partial charge in [0.05, 0.1) is 30.3 Å². The summed E-state index contributed by atoms with van der Waals surface area (Å²) in [5.74, 6) is -0.557. The minimum absolute atomic E-state index is 0.133. The van der Waals surface area contributed by atoms with Gasteiger partial charge >= 0.3 is 0 Å². The number of phenolic OH excluding ortho intramolecular Hbond substituents is 1. The number of para-hydroxylation sites is 2. The van der Waals surface area contributed by atoms with Crippen LogP contribution < -0.4 is 14.5 Å². The molecule has 2 aromatic carbocycles. The molecule has 27 heavy (non-hydrogen) atoms. The van der Waals surface area contributed by atoms with Crippen LogP contribution in [-0.4, -0.2) is 45.6 Å². The highest BCUT2D eigenvalue weighted by molar-refractivity contribution is 7.92. The first kappa shape index (κ1) is 20.5. The number of halogens is 1. The van der Waals surface area contributed by atoms with Gasteiger partial charge in [0.2, 0.25) is 10.0 Å². The standard InChI is InChI=1S/C17H18ClN3O5S/c1-26-15-9-5-6-12(17(15)23)10-19-20-16(22)11-21(27(2,24)25)14-8-4-3-7-13(14)18/h3-10,23H,11H2,1-2H3,(H,20,22)/b19-10+. The van der Waals surface area contributed by atoms with Crippen molar-refractivity contribution in [2.75, 3.05) is 24.2 Å². The highest BCUT2D eigenvalue weighted by Crippen LogP contribution is 2.28. The van der Waals surface area contributed by atoms with E-state index in [4.69, 9.17) is 16.3 Å². The first-order chi connectivity index (χ1) is 12.7. The van der Waals surface area contributed by atoms with Crippen molar-refractivity contribution in [1.82, 2.24) is 5.43 Å². The summed E-state index contributed by atoms with van der Waals surface area (Å²) in [6, 6.07) is 11.1. The lowest BCUT2D eigenvalue weighted by Gasteiger charge is -2.22. The number of ether oxygens (including phenoxy) is 1. The summed E-state index contributed by atoms with van der Waals surface area (Å²) in [5, 5.41) is 13.9. The van der Waals surface area contributed by atoms with Crippen molar-refractivity contribution in [2.24, 2.45) is 5.10 Å². The molecule has 2 rings (SSSR count). The number of sulfonamides is 1. The number of amides is 1. The molecule has 0 aliphatic carbocycles. The van der Waals surface area contributed by atoms with Gasteiger partial charge in [-0.1, -0.05) is 29.8 Å². The fourth-order valence-electron chi connectivity index (χ4n) is 2.18. The summed E-state index contributed by atoms with van der Waals surface area (Å²) in [6.07, 6.45) is 2.19. The number of benzene rings is 2. The maximum Gasteiger partial charge on any atom is 0.260 e. The fraction of sp³-hybridized carbons (Fsp3) is 0.176. The van der Waals surface area contributed by atoms with Crippen molar-refractivity contribution in [3.8, 4) is 11.5 Å². The molecule has 0 radical (unpaired) electrons. The summed E-state index contributed by atoms with van der Waals surface area (Å²) in [7, 11) is -2.34. The zero-order chi connectivity index (χ0) is 20.0. The molecular formula is C17H18ClN3O5S. The van der Waals surface area contributed by atoms with Crippen molar-refractivity contribution in [3.63, 3.8) is 0 Å². The summed E-state index contributed by atoms with van der Waals surface area (Å²) < 4.78 is 29.9. The molecule has 1 amide bonds. The molecule has 0 fully saturated rings. The molecule has 0 atom stereocenters. The van der Waals surface area contributed by atoms with Crippen molar-refractivity contribution >= 4 is 39.4 Å². The second kappa shape index (κ2) is 8.74. The normalized spacial score (nSPS) is 11.4. The number of aromatic hydroxyl groups is 1. The average Bonchev–Trinajstić information content (AvgIpc) is 2.61. The van der Waals surface area contributed by atoms with Gasteiger partial charge in [-0.2, -0.15) is 5.10 Å². The van der Waals surface area contributed by atoms with Gasteiger partial charge in [-0.05, 0) is 24.3 Å². The molecular weight excluding hydrogens is 394 g/mol. The number of carbonyl (C=O) groups excluding carboxylic acids is 1. The molecule has 0 unspecified atom stereocenters. The molecule has 144 valence electrons. The lowest BCUT2D eigenvalue weighted by Crippen LogP contribution is -2.39. The Morgan fingerprint density at radius 2 is 2.00 bits per heavy atom. The van der Waals surface area contributed by atoms with E-state index < -0.39 is 22.5 Å². The van der Waals surface area contributed by atoms with Gasteiger partial charge in [0.1, 0.15) is 6.54 Å². The SMILES string of the molecule is COc1cccc(/C=N/NC(=O)CN(c2ccccc2Cl)S(C)(=O)=O)c1O.